The SMILES string of the molecule is N#C/C(=C/c1cc(Br)c(OCc2ccc(Cl)cc2)c(Br)c1)Cn1cnc2ccccc21. The maximum absolute atomic E-state index is 9.67. The lowest BCUT2D eigenvalue weighted by Gasteiger charge is -2.12. The number of nitrogens with zero attached hydrogens (tertiary/aromatic N) is 3. The Kier molecular flexibility index (Phi) is 6.77. The highest BCUT2D eigenvalue weighted by molar-refractivity contribution is 9.11. The van der Waals surface area contributed by atoms with Gasteiger partial charge < -0.3 is 9.30 Å². The van der Waals surface area contributed by atoms with E-state index in [9.17, 15) is 5.26 Å². The van der Waals surface area contributed by atoms with Gasteiger partial charge in [0.15, 0.2) is 0 Å². The summed E-state index contributed by atoms with van der Waals surface area (Å²) >= 11 is 13.1. The summed E-state index contributed by atoms with van der Waals surface area (Å²) in [6, 6.07) is 21.6. The number of nitriles is 1. The van der Waals surface area contributed by atoms with E-state index in [0.29, 0.717) is 29.5 Å². The first-order chi connectivity index (χ1) is 15.0. The van der Waals surface area contributed by atoms with Crippen LogP contribution in [0, 0.1) is 11.3 Å². The first kappa shape index (κ1) is 21.6. The molecule has 0 N–H and O–H groups in total. The Morgan fingerprint density at radius 2 is 1.81 bits per heavy atom. The fourth-order valence-corrected chi connectivity index (χ4v) is 4.75. The van der Waals surface area contributed by atoms with Crippen LogP contribution in [0.2, 0.25) is 5.02 Å². The van der Waals surface area contributed by atoms with Crippen LogP contribution in [0.5, 0.6) is 5.75 Å². The number of imidazole rings is 1. The molecule has 31 heavy (non-hydrogen) atoms. The summed E-state index contributed by atoms with van der Waals surface area (Å²) in [6.07, 6.45) is 3.63. The molecular weight excluding hydrogens is 542 g/mol. The second kappa shape index (κ2) is 9.69. The number of fused-ring (bicyclic) bond motifs is 1. The molecular formula is C24H16Br2ClN3O. The Labute approximate surface area is 202 Å². The lowest BCUT2D eigenvalue weighted by atomic mass is 10.1. The Morgan fingerprint density at radius 3 is 2.52 bits per heavy atom. The fraction of sp³-hybridized carbons (Fsp3) is 0.0833. The molecule has 0 saturated carbocycles. The van der Waals surface area contributed by atoms with Gasteiger partial charge in [0.1, 0.15) is 12.4 Å². The molecule has 7 heteroatoms. The quantitative estimate of drug-likeness (QED) is 0.232. The molecule has 0 amide bonds. The van der Waals surface area contributed by atoms with Gasteiger partial charge in [-0.3, -0.25) is 0 Å². The van der Waals surface area contributed by atoms with Crippen LogP contribution in [0.25, 0.3) is 17.1 Å². The zero-order chi connectivity index (χ0) is 21.8. The minimum Gasteiger partial charge on any atom is -0.487 e. The minimum absolute atomic E-state index is 0.417. The predicted octanol–water partition coefficient (Wildman–Crippen LogP) is 7.40. The van der Waals surface area contributed by atoms with Gasteiger partial charge in [-0.25, -0.2) is 4.98 Å². The average Bonchev–Trinajstić information content (AvgIpc) is 3.17. The summed E-state index contributed by atoms with van der Waals surface area (Å²) in [6.45, 7) is 0.863. The molecule has 1 aromatic heterocycles. The van der Waals surface area contributed by atoms with Crippen molar-refractivity contribution < 1.29 is 4.74 Å². The minimum atomic E-state index is 0.417. The first-order valence-electron chi connectivity index (χ1n) is 9.40. The van der Waals surface area contributed by atoms with E-state index in [2.05, 4.69) is 42.9 Å². The van der Waals surface area contributed by atoms with Crippen molar-refractivity contribution in [2.45, 2.75) is 13.2 Å². The summed E-state index contributed by atoms with van der Waals surface area (Å²) < 4.78 is 9.55. The van der Waals surface area contributed by atoms with Crippen LogP contribution in [0.4, 0.5) is 0 Å². The number of halogens is 3. The molecule has 4 rings (SSSR count). The van der Waals surface area contributed by atoms with E-state index < -0.39 is 0 Å². The van der Waals surface area contributed by atoms with Gasteiger partial charge in [0.2, 0.25) is 0 Å². The first-order valence-corrected chi connectivity index (χ1v) is 11.4. The molecule has 0 saturated heterocycles. The summed E-state index contributed by atoms with van der Waals surface area (Å²) in [7, 11) is 0. The van der Waals surface area contributed by atoms with E-state index in [1.807, 2.05) is 71.3 Å². The molecule has 0 atom stereocenters. The summed E-state index contributed by atoms with van der Waals surface area (Å²) in [5, 5.41) is 10.4. The second-order valence-corrected chi connectivity index (χ2v) is 9.02. The second-order valence-electron chi connectivity index (χ2n) is 6.87. The van der Waals surface area contributed by atoms with Gasteiger partial charge in [-0.2, -0.15) is 5.26 Å². The van der Waals surface area contributed by atoms with Crippen molar-refractivity contribution in [3.63, 3.8) is 0 Å². The van der Waals surface area contributed by atoms with Gasteiger partial charge in [-0.1, -0.05) is 35.9 Å². The number of aromatic nitrogens is 2. The molecule has 0 aliphatic rings. The van der Waals surface area contributed by atoms with Crippen molar-refractivity contribution in [1.29, 1.82) is 5.26 Å². The van der Waals surface area contributed by atoms with Crippen LogP contribution in [-0.2, 0) is 13.2 Å². The molecule has 3 aromatic carbocycles. The summed E-state index contributed by atoms with van der Waals surface area (Å²) in [4.78, 5) is 4.39. The third-order valence-electron chi connectivity index (χ3n) is 4.67. The predicted molar refractivity (Wildman–Crippen MR) is 131 cm³/mol. The van der Waals surface area contributed by atoms with Gasteiger partial charge in [0.25, 0.3) is 0 Å². The Hall–Kier alpha value is -2.59. The smallest absolute Gasteiger partial charge is 0.148 e. The van der Waals surface area contributed by atoms with E-state index in [0.717, 1.165) is 31.1 Å². The number of allylic oxidation sites excluding steroid dienone is 1. The number of hydrogen-bond donors (Lipinski definition) is 0. The Morgan fingerprint density at radius 1 is 1.10 bits per heavy atom. The maximum Gasteiger partial charge on any atom is 0.148 e. The van der Waals surface area contributed by atoms with Crippen LogP contribution in [0.15, 0.2) is 81.5 Å². The number of para-hydroxylation sites is 2. The largest absolute Gasteiger partial charge is 0.487 e. The number of benzene rings is 3. The third-order valence-corrected chi connectivity index (χ3v) is 6.10. The van der Waals surface area contributed by atoms with Crippen LogP contribution >= 0.6 is 43.5 Å². The van der Waals surface area contributed by atoms with Crippen molar-refractivity contribution in [1.82, 2.24) is 9.55 Å². The van der Waals surface area contributed by atoms with Gasteiger partial charge in [0.05, 0.1) is 38.9 Å². The normalized spacial score (nSPS) is 11.5. The Bertz CT molecular complexity index is 1280. The van der Waals surface area contributed by atoms with Gasteiger partial charge in [-0.05, 0) is 85.5 Å². The molecule has 0 spiro atoms. The zero-order valence-corrected chi connectivity index (χ0v) is 20.2. The molecule has 0 aliphatic carbocycles. The number of ether oxygens (including phenoxy) is 1. The van der Waals surface area contributed by atoms with Crippen LogP contribution < -0.4 is 4.74 Å². The molecule has 154 valence electrons. The number of rotatable bonds is 6. The van der Waals surface area contributed by atoms with Crippen molar-refractivity contribution in [2.75, 3.05) is 0 Å². The summed E-state index contributed by atoms with van der Waals surface area (Å²) in [5.41, 5.74) is 4.44. The fourth-order valence-electron chi connectivity index (χ4n) is 3.17. The topological polar surface area (TPSA) is 50.8 Å². The standard InChI is InChI=1S/C24H16Br2ClN3O/c25-20-10-17(11-21(26)24(20)31-14-16-5-7-19(27)8-6-16)9-18(12-28)13-30-15-29-22-3-1-2-4-23(22)30/h1-11,15H,13-14H2/b18-9-. The molecule has 0 unspecified atom stereocenters. The number of hydrogen-bond acceptors (Lipinski definition) is 3. The van der Waals surface area contributed by atoms with Crippen molar-refractivity contribution in [3.05, 3.63) is 97.7 Å². The van der Waals surface area contributed by atoms with E-state index in [1.54, 1.807) is 6.33 Å². The van der Waals surface area contributed by atoms with E-state index in [4.69, 9.17) is 16.3 Å². The molecule has 0 fully saturated rings. The highest BCUT2D eigenvalue weighted by Gasteiger charge is 2.10. The highest BCUT2D eigenvalue weighted by Crippen LogP contribution is 2.36. The summed E-state index contributed by atoms with van der Waals surface area (Å²) in [5.74, 6) is 0.700. The van der Waals surface area contributed by atoms with Crippen LogP contribution in [0.1, 0.15) is 11.1 Å². The van der Waals surface area contributed by atoms with E-state index in [-0.39, 0.29) is 0 Å². The Balaban J connectivity index is 1.54. The average molecular weight is 558 g/mol. The van der Waals surface area contributed by atoms with Crippen LogP contribution in [-0.4, -0.2) is 9.55 Å². The third kappa shape index (κ3) is 5.19. The molecule has 4 aromatic rings. The van der Waals surface area contributed by atoms with Crippen molar-refractivity contribution in [2.24, 2.45) is 0 Å². The van der Waals surface area contributed by atoms with Gasteiger partial charge >= 0.3 is 0 Å². The molecule has 1 heterocycles. The van der Waals surface area contributed by atoms with Crippen molar-refractivity contribution >= 4 is 60.6 Å². The van der Waals surface area contributed by atoms with Gasteiger partial charge in [0, 0.05) is 10.6 Å². The monoisotopic (exact) mass is 555 g/mol. The molecule has 0 bridgehead atoms. The van der Waals surface area contributed by atoms with Crippen molar-refractivity contribution in [3.8, 4) is 11.8 Å². The van der Waals surface area contributed by atoms with Gasteiger partial charge in [-0.15, -0.1) is 0 Å². The van der Waals surface area contributed by atoms with E-state index >= 15 is 0 Å². The maximum atomic E-state index is 9.67. The highest BCUT2D eigenvalue weighted by atomic mass is 79.9. The zero-order valence-electron chi connectivity index (χ0n) is 16.2. The lowest BCUT2D eigenvalue weighted by Crippen LogP contribution is -1.99. The molecule has 0 aliphatic heterocycles. The molecule has 0 radical (unpaired) electrons. The lowest BCUT2D eigenvalue weighted by molar-refractivity contribution is 0.302. The van der Waals surface area contributed by atoms with E-state index in [1.165, 1.54) is 0 Å². The van der Waals surface area contributed by atoms with Crippen LogP contribution in [0.3, 0.4) is 0 Å². The molecule has 4 nitrogen and oxygen atoms in total.